The molecule has 2 aromatic heterocycles. The number of piperazine rings is 1. The maximum atomic E-state index is 14.9. The van der Waals surface area contributed by atoms with Gasteiger partial charge in [0.1, 0.15) is 11.5 Å². The minimum Gasteiger partial charge on any atom is -0.386 e. The number of urea groups is 1. The number of rotatable bonds is 12. The Kier molecular flexibility index (Phi) is 13.1. The highest BCUT2D eigenvalue weighted by Crippen LogP contribution is 2.35. The number of fused-ring (bicyclic) bond motifs is 1. The smallest absolute Gasteiger partial charge is 0.328 e. The highest BCUT2D eigenvalue weighted by Gasteiger charge is 2.28. The zero-order chi connectivity index (χ0) is 47.0. The van der Waals surface area contributed by atoms with E-state index in [1.807, 2.05) is 56.4 Å². The number of hydrogen-bond donors (Lipinski definition) is 4. The monoisotopic (exact) mass is 925 g/mol. The van der Waals surface area contributed by atoms with Gasteiger partial charge in [-0.2, -0.15) is 5.10 Å². The maximum Gasteiger partial charge on any atom is 0.328 e. The highest BCUT2D eigenvalue weighted by molar-refractivity contribution is 6.34. The van der Waals surface area contributed by atoms with E-state index < -0.39 is 23.4 Å². The standard InChI is InChI=1S/C52H57ClFN9O4/c1-32-27-36(7-12-41(32)33(2)56-50(65)42-13-8-38(29-45(42)54)52(3,4)67)48-43-28-37(31-55-49(43)59-58-48)35-5-9-39(10-6-35)62-25-23-60(24-26-62)19-15-34-16-20-61(21-17-34)40-11-14-46(44(53)30-40)63-22-18-47(64)57-51(63)66/h5-14,27-31,33-34,67H,15-26H2,1-4H3,(H,56,65)(H,55,58,59)(H,57,64,66)/t33-/m1/s1. The van der Waals surface area contributed by atoms with Gasteiger partial charge in [-0.05, 0) is 136 Å². The molecule has 5 heterocycles. The van der Waals surface area contributed by atoms with E-state index in [0.717, 1.165) is 103 Å². The van der Waals surface area contributed by atoms with Crippen molar-refractivity contribution < 1.29 is 23.9 Å². The van der Waals surface area contributed by atoms with Gasteiger partial charge < -0.3 is 20.2 Å². The lowest BCUT2D eigenvalue weighted by atomic mass is 9.93. The first kappa shape index (κ1) is 45.8. The zero-order valence-electron chi connectivity index (χ0n) is 38.4. The van der Waals surface area contributed by atoms with Crippen molar-refractivity contribution in [2.45, 2.75) is 65.0 Å². The molecule has 1 atom stereocenters. The van der Waals surface area contributed by atoms with Crippen LogP contribution in [0.15, 0.2) is 91.1 Å². The fraction of sp³-hybridized carbons (Fsp3) is 0.365. The van der Waals surface area contributed by atoms with Crippen LogP contribution in [0.4, 0.5) is 26.2 Å². The molecular formula is C52H57ClFN9O4. The number of amides is 4. The van der Waals surface area contributed by atoms with Crippen LogP contribution in [0, 0.1) is 18.7 Å². The third-order valence-electron chi connectivity index (χ3n) is 13.7. The van der Waals surface area contributed by atoms with Crippen LogP contribution < -0.4 is 25.3 Å². The van der Waals surface area contributed by atoms with Crippen molar-refractivity contribution in [1.29, 1.82) is 0 Å². The summed E-state index contributed by atoms with van der Waals surface area (Å²) in [4.78, 5) is 50.7. The van der Waals surface area contributed by atoms with Crippen molar-refractivity contribution in [3.8, 4) is 22.4 Å². The highest BCUT2D eigenvalue weighted by atomic mass is 35.5. The van der Waals surface area contributed by atoms with E-state index in [1.54, 1.807) is 19.9 Å². The quantitative estimate of drug-likeness (QED) is 0.0944. The van der Waals surface area contributed by atoms with Crippen molar-refractivity contribution in [1.82, 2.24) is 30.7 Å². The second kappa shape index (κ2) is 19.1. The number of piperidine rings is 1. The predicted molar refractivity (Wildman–Crippen MR) is 262 cm³/mol. The number of aliphatic hydroxyl groups is 1. The molecular weight excluding hydrogens is 869 g/mol. The minimum absolute atomic E-state index is 0.0767. The van der Waals surface area contributed by atoms with Crippen molar-refractivity contribution in [3.05, 3.63) is 124 Å². The molecule has 4 amide bonds. The number of nitrogens with zero attached hydrogens (tertiary/aromatic N) is 6. The van der Waals surface area contributed by atoms with Crippen LogP contribution in [-0.4, -0.2) is 95.4 Å². The van der Waals surface area contributed by atoms with Gasteiger partial charge in [-0.1, -0.05) is 41.9 Å². The van der Waals surface area contributed by atoms with Crippen LogP contribution in [0.1, 0.15) is 79.5 Å². The number of anilines is 3. The summed E-state index contributed by atoms with van der Waals surface area (Å²) in [5.74, 6) is -0.784. The molecule has 67 heavy (non-hydrogen) atoms. The summed E-state index contributed by atoms with van der Waals surface area (Å²) in [6.07, 6.45) is 5.60. The topological polar surface area (TPSA) is 150 Å². The Hall–Kier alpha value is -6.35. The number of aryl methyl sites for hydroxylation is 1. The molecule has 0 aliphatic carbocycles. The Morgan fingerprint density at radius 2 is 1.60 bits per heavy atom. The molecule has 9 rings (SSSR count). The third-order valence-corrected chi connectivity index (χ3v) is 14.0. The fourth-order valence-corrected chi connectivity index (χ4v) is 9.94. The maximum absolute atomic E-state index is 14.9. The Morgan fingerprint density at radius 1 is 0.881 bits per heavy atom. The van der Waals surface area contributed by atoms with Gasteiger partial charge in [-0.25, -0.2) is 14.2 Å². The molecule has 0 radical (unpaired) electrons. The molecule has 0 bridgehead atoms. The molecule has 0 saturated carbocycles. The lowest BCUT2D eigenvalue weighted by Crippen LogP contribution is -2.49. The van der Waals surface area contributed by atoms with E-state index in [0.29, 0.717) is 34.4 Å². The van der Waals surface area contributed by atoms with Gasteiger partial charge in [0.05, 0.1) is 27.9 Å². The van der Waals surface area contributed by atoms with E-state index in [1.165, 1.54) is 29.1 Å². The molecule has 4 aromatic carbocycles. The Labute approximate surface area is 395 Å². The Morgan fingerprint density at radius 3 is 2.28 bits per heavy atom. The van der Waals surface area contributed by atoms with Crippen LogP contribution in [0.3, 0.4) is 0 Å². The van der Waals surface area contributed by atoms with Gasteiger partial charge >= 0.3 is 6.03 Å². The Balaban J connectivity index is 0.756. The number of nitrogens with one attached hydrogen (secondary N) is 3. The van der Waals surface area contributed by atoms with Gasteiger partial charge in [0.15, 0.2) is 5.65 Å². The first-order valence-corrected chi connectivity index (χ1v) is 23.6. The lowest BCUT2D eigenvalue weighted by Gasteiger charge is -2.38. The second-order valence-corrected chi connectivity index (χ2v) is 19.1. The fourth-order valence-electron chi connectivity index (χ4n) is 9.67. The summed E-state index contributed by atoms with van der Waals surface area (Å²) in [6, 6.07) is 26.1. The number of carbonyl (C=O) groups is 3. The van der Waals surface area contributed by atoms with E-state index in [-0.39, 0.29) is 23.9 Å². The number of imide groups is 1. The summed E-state index contributed by atoms with van der Waals surface area (Å²) in [5, 5.41) is 24.7. The average Bonchev–Trinajstić information content (AvgIpc) is 3.74. The van der Waals surface area contributed by atoms with Gasteiger partial charge in [0.2, 0.25) is 5.91 Å². The third kappa shape index (κ3) is 10.0. The zero-order valence-corrected chi connectivity index (χ0v) is 39.2. The van der Waals surface area contributed by atoms with Crippen LogP contribution in [0.5, 0.6) is 0 Å². The molecule has 13 nitrogen and oxygen atoms in total. The largest absolute Gasteiger partial charge is 0.386 e. The summed E-state index contributed by atoms with van der Waals surface area (Å²) >= 11 is 6.65. The van der Waals surface area contributed by atoms with E-state index >= 15 is 0 Å². The van der Waals surface area contributed by atoms with Crippen molar-refractivity contribution in [2.24, 2.45) is 5.92 Å². The molecule has 3 saturated heterocycles. The second-order valence-electron chi connectivity index (χ2n) is 18.7. The molecule has 15 heteroatoms. The van der Waals surface area contributed by atoms with Gasteiger partial charge in [0.25, 0.3) is 5.91 Å². The summed E-state index contributed by atoms with van der Waals surface area (Å²) in [7, 11) is 0. The summed E-state index contributed by atoms with van der Waals surface area (Å²) in [5.41, 5.74) is 8.32. The number of aromatic nitrogens is 3. The first-order chi connectivity index (χ1) is 32.2. The molecule has 3 aliphatic rings. The molecule has 4 N–H and O–H groups in total. The lowest BCUT2D eigenvalue weighted by molar-refractivity contribution is -0.120. The van der Waals surface area contributed by atoms with E-state index in [4.69, 9.17) is 16.6 Å². The van der Waals surface area contributed by atoms with Crippen LogP contribution >= 0.6 is 11.6 Å². The number of H-pyrrole nitrogens is 1. The number of carbonyl (C=O) groups excluding carboxylic acids is 3. The van der Waals surface area contributed by atoms with Crippen LogP contribution in [0.2, 0.25) is 5.02 Å². The summed E-state index contributed by atoms with van der Waals surface area (Å²) in [6.45, 7) is 14.4. The predicted octanol–water partition coefficient (Wildman–Crippen LogP) is 8.99. The van der Waals surface area contributed by atoms with E-state index in [2.05, 4.69) is 65.9 Å². The van der Waals surface area contributed by atoms with Crippen molar-refractivity contribution in [2.75, 3.05) is 67.1 Å². The number of benzene rings is 4. The number of pyridine rings is 1. The number of hydrogen-bond acceptors (Lipinski definition) is 9. The summed E-state index contributed by atoms with van der Waals surface area (Å²) < 4.78 is 14.9. The van der Waals surface area contributed by atoms with Crippen molar-refractivity contribution >= 4 is 57.5 Å². The van der Waals surface area contributed by atoms with Gasteiger partial charge in [0, 0.05) is 86.3 Å². The number of halogens is 2. The van der Waals surface area contributed by atoms with Crippen LogP contribution in [-0.2, 0) is 10.4 Å². The number of aromatic amines is 1. The molecule has 348 valence electrons. The van der Waals surface area contributed by atoms with E-state index in [9.17, 15) is 23.9 Å². The van der Waals surface area contributed by atoms with Crippen molar-refractivity contribution in [3.63, 3.8) is 0 Å². The SMILES string of the molecule is Cc1cc(-c2n[nH]c3ncc(-c4ccc(N5CCN(CCC6CCN(c7ccc(N8CCC(=O)NC8=O)c(Cl)c7)CC6)CC5)cc4)cc23)ccc1[C@@H](C)NC(=O)c1ccc(C(C)(C)O)cc1F. The normalized spacial score (nSPS) is 17.0. The Bertz CT molecular complexity index is 2810. The molecule has 3 fully saturated rings. The van der Waals surface area contributed by atoms with Crippen LogP contribution in [0.25, 0.3) is 33.4 Å². The molecule has 0 spiro atoms. The molecule has 6 aromatic rings. The van der Waals surface area contributed by atoms with Gasteiger partial charge in [-0.15, -0.1) is 0 Å². The average molecular weight is 927 g/mol. The van der Waals surface area contributed by atoms with Gasteiger partial charge in [-0.3, -0.25) is 29.8 Å². The molecule has 0 unspecified atom stereocenters. The first-order valence-electron chi connectivity index (χ1n) is 23.2. The minimum atomic E-state index is -1.22. The molecule has 3 aliphatic heterocycles.